The zero-order valence-corrected chi connectivity index (χ0v) is 14.5. The van der Waals surface area contributed by atoms with Gasteiger partial charge in [0.15, 0.2) is 0 Å². The van der Waals surface area contributed by atoms with Gasteiger partial charge in [-0.15, -0.1) is 0 Å². The van der Waals surface area contributed by atoms with E-state index >= 15 is 0 Å². The molecule has 24 heavy (non-hydrogen) atoms. The second kappa shape index (κ2) is 7.10. The Morgan fingerprint density at radius 1 is 1.38 bits per heavy atom. The molecule has 9 heteroatoms. The van der Waals surface area contributed by atoms with Crippen LogP contribution in [0.4, 0.5) is 5.69 Å². The van der Waals surface area contributed by atoms with Crippen molar-refractivity contribution >= 4 is 51.9 Å². The van der Waals surface area contributed by atoms with Crippen LogP contribution in [0.2, 0.25) is 0 Å². The zero-order chi connectivity index (χ0) is 18.0. The minimum absolute atomic E-state index is 0.0505. The molecule has 1 saturated heterocycles. The van der Waals surface area contributed by atoms with Crippen LogP contribution >= 0.6 is 24.0 Å². The largest absolute Gasteiger partial charge is 0.480 e. The van der Waals surface area contributed by atoms with E-state index in [4.69, 9.17) is 12.2 Å². The number of carboxylic acids is 1. The summed E-state index contributed by atoms with van der Waals surface area (Å²) in [5.74, 6) is -1.88. The number of hydrogen-bond acceptors (Lipinski definition) is 6. The Hall–Kier alpha value is -2.26. The van der Waals surface area contributed by atoms with Crippen molar-refractivity contribution in [3.05, 3.63) is 44.8 Å². The van der Waals surface area contributed by atoms with Gasteiger partial charge in [-0.25, -0.2) is 4.79 Å². The highest BCUT2D eigenvalue weighted by atomic mass is 32.2. The van der Waals surface area contributed by atoms with Gasteiger partial charge in [0.2, 0.25) is 0 Å². The Morgan fingerprint density at radius 3 is 2.42 bits per heavy atom. The number of nitrogens with zero attached hydrogens (tertiary/aromatic N) is 2. The topological polar surface area (TPSA) is 101 Å². The van der Waals surface area contributed by atoms with Gasteiger partial charge in [-0.3, -0.25) is 19.8 Å². The Labute approximate surface area is 147 Å². The maximum atomic E-state index is 12.5. The molecule has 1 amide bonds. The highest BCUT2D eigenvalue weighted by molar-refractivity contribution is 8.26. The van der Waals surface area contributed by atoms with Crippen molar-refractivity contribution in [2.24, 2.45) is 5.92 Å². The number of rotatable bonds is 5. The number of carboxylic acid groups (broad SMARTS) is 1. The zero-order valence-electron chi connectivity index (χ0n) is 12.8. The number of hydrogen-bond donors (Lipinski definition) is 1. The molecule has 0 spiro atoms. The van der Waals surface area contributed by atoms with Crippen LogP contribution in [0.15, 0.2) is 29.2 Å². The molecular weight excluding hydrogens is 352 g/mol. The van der Waals surface area contributed by atoms with Crippen LogP contribution < -0.4 is 0 Å². The van der Waals surface area contributed by atoms with E-state index in [1.54, 1.807) is 19.9 Å². The lowest BCUT2D eigenvalue weighted by Crippen LogP contribution is -2.47. The molecule has 0 saturated carbocycles. The van der Waals surface area contributed by atoms with Gasteiger partial charge in [-0.05, 0) is 29.7 Å². The van der Waals surface area contributed by atoms with Gasteiger partial charge >= 0.3 is 5.97 Å². The molecule has 1 N–H and O–H groups in total. The van der Waals surface area contributed by atoms with Crippen LogP contribution in [0.25, 0.3) is 6.08 Å². The van der Waals surface area contributed by atoms with E-state index in [1.165, 1.54) is 24.3 Å². The van der Waals surface area contributed by atoms with E-state index < -0.39 is 22.8 Å². The van der Waals surface area contributed by atoms with Gasteiger partial charge in [0.1, 0.15) is 10.4 Å². The highest BCUT2D eigenvalue weighted by Crippen LogP contribution is 2.35. The first-order valence-electron chi connectivity index (χ1n) is 6.96. The summed E-state index contributed by atoms with van der Waals surface area (Å²) in [6.07, 6.45) is 1.54. The predicted octanol–water partition coefficient (Wildman–Crippen LogP) is 2.91. The molecular formula is C15H14N2O5S2. The van der Waals surface area contributed by atoms with Crippen molar-refractivity contribution in [1.82, 2.24) is 4.90 Å². The number of aliphatic carboxylic acids is 1. The molecule has 1 aromatic carbocycles. The van der Waals surface area contributed by atoms with E-state index in [0.717, 1.165) is 16.7 Å². The van der Waals surface area contributed by atoms with Gasteiger partial charge in [-0.2, -0.15) is 0 Å². The quantitative estimate of drug-likeness (QED) is 0.370. The minimum atomic E-state index is -1.11. The fourth-order valence-corrected chi connectivity index (χ4v) is 3.59. The summed E-state index contributed by atoms with van der Waals surface area (Å²) in [7, 11) is 0. The fourth-order valence-electron chi connectivity index (χ4n) is 2.26. The monoisotopic (exact) mass is 366 g/mol. The van der Waals surface area contributed by atoms with E-state index in [0.29, 0.717) is 10.5 Å². The van der Waals surface area contributed by atoms with Gasteiger partial charge in [0.25, 0.3) is 11.6 Å². The molecule has 1 unspecified atom stereocenters. The van der Waals surface area contributed by atoms with E-state index in [2.05, 4.69) is 0 Å². The number of carbonyl (C=O) groups excluding carboxylic acids is 1. The predicted molar refractivity (Wildman–Crippen MR) is 94.4 cm³/mol. The molecule has 1 aliphatic rings. The van der Waals surface area contributed by atoms with Crippen LogP contribution in [-0.4, -0.2) is 37.2 Å². The molecule has 2 rings (SSSR count). The first-order valence-corrected chi connectivity index (χ1v) is 8.19. The number of non-ortho nitro benzene ring substituents is 1. The van der Waals surface area contributed by atoms with Gasteiger partial charge < -0.3 is 5.11 Å². The molecule has 1 aromatic rings. The van der Waals surface area contributed by atoms with Crippen molar-refractivity contribution in [3.8, 4) is 0 Å². The first kappa shape index (κ1) is 18.1. The third-order valence-corrected chi connectivity index (χ3v) is 4.72. The third-order valence-electron chi connectivity index (χ3n) is 3.39. The normalized spacial score (nSPS) is 17.6. The second-order valence-corrected chi connectivity index (χ2v) is 7.10. The Kier molecular flexibility index (Phi) is 5.35. The number of thiocarbonyl (C=S) groups is 1. The number of nitro groups is 1. The van der Waals surface area contributed by atoms with E-state index in [9.17, 15) is 24.8 Å². The lowest BCUT2D eigenvalue weighted by molar-refractivity contribution is -0.384. The highest BCUT2D eigenvalue weighted by Gasteiger charge is 2.41. The summed E-state index contributed by atoms with van der Waals surface area (Å²) in [6, 6.07) is 4.67. The maximum Gasteiger partial charge on any atom is 0.327 e. The average molecular weight is 366 g/mol. The van der Waals surface area contributed by atoms with Gasteiger partial charge in [0.05, 0.1) is 9.83 Å². The third kappa shape index (κ3) is 3.62. The number of thioether (sulfide) groups is 1. The van der Waals surface area contributed by atoms with Crippen molar-refractivity contribution in [1.29, 1.82) is 0 Å². The van der Waals surface area contributed by atoms with Crippen LogP contribution in [0, 0.1) is 16.0 Å². The summed E-state index contributed by atoms with van der Waals surface area (Å²) in [6.45, 7) is 3.41. The molecule has 0 radical (unpaired) electrons. The van der Waals surface area contributed by atoms with Crippen LogP contribution in [0.3, 0.4) is 0 Å². The SMILES string of the molecule is CC(C)C(C(=O)O)N1C(=O)/C(=C/c2ccc([N+](=O)[O-])cc2)SC1=S. The van der Waals surface area contributed by atoms with E-state index in [1.807, 2.05) is 0 Å². The molecule has 0 aliphatic carbocycles. The van der Waals surface area contributed by atoms with Gasteiger partial charge in [-0.1, -0.05) is 37.8 Å². The van der Waals surface area contributed by atoms with Crippen molar-refractivity contribution < 1.29 is 19.6 Å². The van der Waals surface area contributed by atoms with Crippen molar-refractivity contribution in [2.75, 3.05) is 0 Å². The number of carbonyl (C=O) groups is 2. The van der Waals surface area contributed by atoms with Crippen LogP contribution in [0.1, 0.15) is 19.4 Å². The van der Waals surface area contributed by atoms with Gasteiger partial charge in [0, 0.05) is 12.1 Å². The molecule has 126 valence electrons. The Balaban J connectivity index is 2.30. The summed E-state index contributed by atoms with van der Waals surface area (Å²) >= 11 is 6.18. The molecule has 7 nitrogen and oxygen atoms in total. The number of amides is 1. The van der Waals surface area contributed by atoms with Crippen molar-refractivity contribution in [3.63, 3.8) is 0 Å². The summed E-state index contributed by atoms with van der Waals surface area (Å²) in [4.78, 5) is 35.5. The molecule has 1 fully saturated rings. The average Bonchev–Trinajstić information content (AvgIpc) is 2.75. The minimum Gasteiger partial charge on any atom is -0.480 e. The summed E-state index contributed by atoms with van der Waals surface area (Å²) < 4.78 is 0.189. The standard InChI is InChI=1S/C15H14N2O5S2/c1-8(2)12(14(19)20)16-13(18)11(24-15(16)23)7-9-3-5-10(6-4-9)17(21)22/h3-8,12H,1-2H3,(H,19,20)/b11-7-. The first-order chi connectivity index (χ1) is 11.2. The Bertz CT molecular complexity index is 743. The number of nitro benzene ring substituents is 1. The molecule has 1 atom stereocenters. The van der Waals surface area contributed by atoms with Crippen molar-refractivity contribution in [2.45, 2.75) is 19.9 Å². The molecule has 1 heterocycles. The number of benzene rings is 1. The van der Waals surface area contributed by atoms with Crippen LogP contribution in [-0.2, 0) is 9.59 Å². The smallest absolute Gasteiger partial charge is 0.327 e. The maximum absolute atomic E-state index is 12.5. The summed E-state index contributed by atoms with van der Waals surface area (Å²) in [5.41, 5.74) is 0.544. The molecule has 0 bridgehead atoms. The lowest BCUT2D eigenvalue weighted by atomic mass is 10.0. The van der Waals surface area contributed by atoms with E-state index in [-0.39, 0.29) is 15.9 Å². The Morgan fingerprint density at radius 2 is 1.96 bits per heavy atom. The molecule has 0 aromatic heterocycles. The molecule has 1 aliphatic heterocycles. The summed E-state index contributed by atoms with van der Waals surface area (Å²) in [5, 5.41) is 20.0. The second-order valence-electron chi connectivity index (χ2n) is 5.43. The lowest BCUT2D eigenvalue weighted by Gasteiger charge is -2.26. The fraction of sp³-hybridized carbons (Fsp3) is 0.267. The van der Waals surface area contributed by atoms with Crippen LogP contribution in [0.5, 0.6) is 0 Å².